The molecular formula is C26H21NO. The van der Waals surface area contributed by atoms with Crippen LogP contribution in [0.2, 0.25) is 0 Å². The summed E-state index contributed by atoms with van der Waals surface area (Å²) in [5.41, 5.74) is 6.13. The van der Waals surface area contributed by atoms with E-state index in [-0.39, 0.29) is 5.41 Å². The molecule has 2 aromatic heterocycles. The van der Waals surface area contributed by atoms with Gasteiger partial charge in [0, 0.05) is 27.9 Å². The summed E-state index contributed by atoms with van der Waals surface area (Å²) >= 11 is 0. The molecule has 0 bridgehead atoms. The molecule has 0 amide bonds. The largest absolute Gasteiger partial charge is 0.455 e. The van der Waals surface area contributed by atoms with Gasteiger partial charge in [0.15, 0.2) is 0 Å². The number of furan rings is 1. The van der Waals surface area contributed by atoms with Crippen molar-refractivity contribution in [3.05, 3.63) is 102 Å². The average Bonchev–Trinajstić information content (AvgIpc) is 3.13. The zero-order valence-electron chi connectivity index (χ0n) is 16.0. The van der Waals surface area contributed by atoms with Crippen LogP contribution in [0.5, 0.6) is 0 Å². The summed E-state index contributed by atoms with van der Waals surface area (Å²) in [5, 5.41) is 2.27. The van der Waals surface area contributed by atoms with Gasteiger partial charge in [-0.15, -0.1) is 0 Å². The van der Waals surface area contributed by atoms with Crippen molar-refractivity contribution in [2.75, 3.05) is 0 Å². The lowest BCUT2D eigenvalue weighted by molar-refractivity contribution is 0.637. The maximum Gasteiger partial charge on any atom is 0.144 e. The molecule has 0 unspecified atom stereocenters. The van der Waals surface area contributed by atoms with Crippen molar-refractivity contribution in [2.24, 2.45) is 0 Å². The first kappa shape index (κ1) is 16.8. The van der Waals surface area contributed by atoms with E-state index in [1.807, 2.05) is 24.4 Å². The van der Waals surface area contributed by atoms with Crippen molar-refractivity contribution in [1.82, 2.24) is 4.98 Å². The van der Waals surface area contributed by atoms with Crippen LogP contribution < -0.4 is 0 Å². The first-order chi connectivity index (χ1) is 13.6. The molecule has 136 valence electrons. The van der Waals surface area contributed by atoms with E-state index in [2.05, 4.69) is 80.6 Å². The molecule has 0 aliphatic rings. The Kier molecular flexibility index (Phi) is 3.80. The van der Waals surface area contributed by atoms with Crippen LogP contribution in [0.25, 0.3) is 33.2 Å². The van der Waals surface area contributed by atoms with Gasteiger partial charge in [0.25, 0.3) is 0 Å². The van der Waals surface area contributed by atoms with Crippen molar-refractivity contribution in [3.8, 4) is 11.3 Å². The van der Waals surface area contributed by atoms with Crippen LogP contribution in [-0.4, -0.2) is 4.98 Å². The molecule has 0 atom stereocenters. The normalized spacial score (nSPS) is 11.9. The molecule has 5 rings (SSSR count). The highest BCUT2D eigenvalue weighted by Crippen LogP contribution is 2.36. The molecule has 5 aromatic rings. The summed E-state index contributed by atoms with van der Waals surface area (Å²) in [7, 11) is 0. The Morgan fingerprint density at radius 3 is 2.21 bits per heavy atom. The van der Waals surface area contributed by atoms with Crippen LogP contribution in [0.4, 0.5) is 0 Å². The molecule has 3 aromatic carbocycles. The topological polar surface area (TPSA) is 26.0 Å². The second-order valence-corrected chi connectivity index (χ2v) is 7.70. The molecule has 0 saturated carbocycles. The fourth-order valence-electron chi connectivity index (χ4n) is 3.89. The van der Waals surface area contributed by atoms with Crippen molar-refractivity contribution < 1.29 is 4.42 Å². The summed E-state index contributed by atoms with van der Waals surface area (Å²) in [6.45, 7) is 4.47. The Balaban J connectivity index is 1.60. The van der Waals surface area contributed by atoms with Gasteiger partial charge in [-0.1, -0.05) is 80.6 Å². The third kappa shape index (κ3) is 2.61. The Hall–Kier alpha value is -3.39. The number of nitrogens with zero attached hydrogens (tertiary/aromatic N) is 1. The van der Waals surface area contributed by atoms with Gasteiger partial charge < -0.3 is 4.42 Å². The van der Waals surface area contributed by atoms with Gasteiger partial charge in [-0.2, -0.15) is 0 Å². The lowest BCUT2D eigenvalue weighted by atomic mass is 9.79. The van der Waals surface area contributed by atoms with Gasteiger partial charge in [-0.05, 0) is 29.3 Å². The van der Waals surface area contributed by atoms with Gasteiger partial charge in [-0.25, -0.2) is 0 Å². The van der Waals surface area contributed by atoms with E-state index in [0.29, 0.717) is 0 Å². The number of hydrogen-bond donors (Lipinski definition) is 0. The molecule has 2 heteroatoms. The predicted octanol–water partition coefficient (Wildman–Crippen LogP) is 6.97. The van der Waals surface area contributed by atoms with Gasteiger partial charge >= 0.3 is 0 Å². The average molecular weight is 363 g/mol. The SMILES string of the molecule is CC(C)(c1ccccc1)c1ccc(-c2cccc3c2oc2ccccc23)nc1. The highest BCUT2D eigenvalue weighted by molar-refractivity contribution is 6.09. The van der Waals surface area contributed by atoms with E-state index in [9.17, 15) is 0 Å². The highest BCUT2D eigenvalue weighted by atomic mass is 16.3. The molecule has 0 spiro atoms. The number of pyridine rings is 1. The lowest BCUT2D eigenvalue weighted by Crippen LogP contribution is -2.18. The van der Waals surface area contributed by atoms with Crippen LogP contribution in [0.1, 0.15) is 25.0 Å². The predicted molar refractivity (Wildman–Crippen MR) is 116 cm³/mol. The minimum atomic E-state index is -0.0990. The summed E-state index contributed by atoms with van der Waals surface area (Å²) in [5.74, 6) is 0. The minimum Gasteiger partial charge on any atom is -0.455 e. The Labute approximate surface area is 164 Å². The molecule has 2 heterocycles. The third-order valence-corrected chi connectivity index (χ3v) is 5.66. The first-order valence-corrected chi connectivity index (χ1v) is 9.57. The maximum atomic E-state index is 6.16. The van der Waals surface area contributed by atoms with Crippen LogP contribution in [-0.2, 0) is 5.41 Å². The van der Waals surface area contributed by atoms with Crippen molar-refractivity contribution in [3.63, 3.8) is 0 Å². The second-order valence-electron chi connectivity index (χ2n) is 7.70. The van der Waals surface area contributed by atoms with E-state index in [0.717, 1.165) is 33.2 Å². The van der Waals surface area contributed by atoms with E-state index in [1.165, 1.54) is 11.1 Å². The molecule has 28 heavy (non-hydrogen) atoms. The molecule has 0 saturated heterocycles. The number of para-hydroxylation sites is 2. The Morgan fingerprint density at radius 2 is 1.43 bits per heavy atom. The van der Waals surface area contributed by atoms with Crippen molar-refractivity contribution in [1.29, 1.82) is 0 Å². The smallest absolute Gasteiger partial charge is 0.144 e. The van der Waals surface area contributed by atoms with Crippen molar-refractivity contribution in [2.45, 2.75) is 19.3 Å². The van der Waals surface area contributed by atoms with E-state index >= 15 is 0 Å². The zero-order valence-corrected chi connectivity index (χ0v) is 16.0. The third-order valence-electron chi connectivity index (χ3n) is 5.66. The number of fused-ring (bicyclic) bond motifs is 3. The van der Waals surface area contributed by atoms with Crippen molar-refractivity contribution >= 4 is 21.9 Å². The number of benzene rings is 3. The van der Waals surface area contributed by atoms with Gasteiger partial charge in [0.2, 0.25) is 0 Å². The number of hydrogen-bond acceptors (Lipinski definition) is 2. The fourth-order valence-corrected chi connectivity index (χ4v) is 3.89. The van der Waals surface area contributed by atoms with Crippen LogP contribution in [0.15, 0.2) is 95.5 Å². The first-order valence-electron chi connectivity index (χ1n) is 9.57. The molecule has 0 aliphatic heterocycles. The monoisotopic (exact) mass is 363 g/mol. The van der Waals surface area contributed by atoms with E-state index in [4.69, 9.17) is 9.40 Å². The van der Waals surface area contributed by atoms with E-state index < -0.39 is 0 Å². The molecule has 2 nitrogen and oxygen atoms in total. The second kappa shape index (κ2) is 6.35. The minimum absolute atomic E-state index is 0.0990. The standard InChI is InChI=1S/C26H21NO/c1-26(2,18-9-4-3-5-10-18)19-15-16-23(27-17-19)22-13-8-12-21-20-11-6-7-14-24(20)28-25(21)22/h3-17H,1-2H3. The van der Waals surface area contributed by atoms with Gasteiger partial charge in [0.05, 0.1) is 5.69 Å². The van der Waals surface area contributed by atoms with Gasteiger partial charge in [-0.3, -0.25) is 4.98 Å². The maximum absolute atomic E-state index is 6.16. The Bertz CT molecular complexity index is 1260. The summed E-state index contributed by atoms with van der Waals surface area (Å²) in [6, 6.07) is 29.3. The van der Waals surface area contributed by atoms with E-state index in [1.54, 1.807) is 0 Å². The van der Waals surface area contributed by atoms with Gasteiger partial charge in [0.1, 0.15) is 11.2 Å². The molecule has 0 fully saturated rings. The molecule has 0 radical (unpaired) electrons. The quantitative estimate of drug-likeness (QED) is 0.346. The van der Waals surface area contributed by atoms with Crippen LogP contribution in [0.3, 0.4) is 0 Å². The fraction of sp³-hybridized carbons (Fsp3) is 0.115. The molecule has 0 aliphatic carbocycles. The highest BCUT2D eigenvalue weighted by Gasteiger charge is 2.23. The molecule has 0 N–H and O–H groups in total. The Morgan fingerprint density at radius 1 is 0.679 bits per heavy atom. The number of aromatic nitrogens is 1. The van der Waals surface area contributed by atoms with Crippen LogP contribution >= 0.6 is 0 Å². The summed E-state index contributed by atoms with van der Waals surface area (Å²) in [4.78, 5) is 4.80. The summed E-state index contributed by atoms with van der Waals surface area (Å²) < 4.78 is 6.16. The molecular weight excluding hydrogens is 342 g/mol. The van der Waals surface area contributed by atoms with Crippen LogP contribution in [0, 0.1) is 0 Å². The number of rotatable bonds is 3. The zero-order chi connectivity index (χ0) is 19.1. The lowest BCUT2D eigenvalue weighted by Gasteiger charge is -2.25. The summed E-state index contributed by atoms with van der Waals surface area (Å²) in [6.07, 6.45) is 1.99.